The van der Waals surface area contributed by atoms with Gasteiger partial charge in [0.25, 0.3) is 5.78 Å². The molecule has 0 N–H and O–H groups in total. The molecule has 4 atom stereocenters. The fraction of sp³-hybridized carbons (Fsp3) is 0.583. The quantitative estimate of drug-likeness (QED) is 0.372. The summed E-state index contributed by atoms with van der Waals surface area (Å²) in [6, 6.07) is 0. The van der Waals surface area contributed by atoms with Crippen molar-refractivity contribution in [2.24, 2.45) is 17.3 Å². The van der Waals surface area contributed by atoms with E-state index >= 15 is 0 Å². The molecule has 0 aromatic carbocycles. The van der Waals surface area contributed by atoms with Crippen LogP contribution in [0.15, 0.2) is 48.8 Å². The topological polar surface area (TPSA) is 89.5 Å². The highest BCUT2D eigenvalue weighted by Gasteiger charge is 2.82. The molecule has 8 nitrogen and oxygen atoms in total. The molecule has 0 amide bonds. The number of ketones is 2. The summed E-state index contributed by atoms with van der Waals surface area (Å²) in [5.74, 6) is -5.98. The van der Waals surface area contributed by atoms with Gasteiger partial charge in [0.2, 0.25) is 17.4 Å². The lowest BCUT2D eigenvalue weighted by Crippen LogP contribution is -2.81. The molecule has 0 aromatic rings. The monoisotopic (exact) mass is 448 g/mol. The highest BCUT2D eigenvalue weighted by Crippen LogP contribution is 2.69. The molecule has 0 aromatic heterocycles. The second kappa shape index (κ2) is 8.35. The first-order valence-corrected chi connectivity index (χ1v) is 10.3. The molecular formula is C24H32O8. The Labute approximate surface area is 188 Å². The minimum Gasteiger partial charge on any atom is -0.493 e. The van der Waals surface area contributed by atoms with E-state index in [-0.39, 0.29) is 12.2 Å². The van der Waals surface area contributed by atoms with E-state index in [1.54, 1.807) is 24.3 Å². The molecule has 176 valence electrons. The summed E-state index contributed by atoms with van der Waals surface area (Å²) in [7, 11) is 8.41. The maximum Gasteiger partial charge on any atom is 0.256 e. The first-order chi connectivity index (χ1) is 15.3. The third-order valence-corrected chi connectivity index (χ3v) is 7.39. The van der Waals surface area contributed by atoms with Gasteiger partial charge in [-0.2, -0.15) is 0 Å². The van der Waals surface area contributed by atoms with Crippen LogP contribution in [-0.2, 0) is 38.0 Å². The highest BCUT2D eigenvalue weighted by molar-refractivity contribution is 6.05. The summed E-state index contributed by atoms with van der Waals surface area (Å²) in [6.45, 7) is 7.77. The van der Waals surface area contributed by atoms with E-state index < -0.39 is 46.0 Å². The van der Waals surface area contributed by atoms with E-state index in [9.17, 15) is 9.59 Å². The highest BCUT2D eigenvalue weighted by atomic mass is 16.7. The van der Waals surface area contributed by atoms with Crippen molar-refractivity contribution in [1.82, 2.24) is 0 Å². The zero-order valence-electron chi connectivity index (χ0n) is 19.6. The first-order valence-electron chi connectivity index (χ1n) is 10.3. The van der Waals surface area contributed by atoms with E-state index in [0.29, 0.717) is 6.42 Å². The van der Waals surface area contributed by atoms with Crippen molar-refractivity contribution in [3.8, 4) is 0 Å². The average Bonchev–Trinajstić information content (AvgIpc) is 2.81. The average molecular weight is 449 g/mol. The van der Waals surface area contributed by atoms with Gasteiger partial charge < -0.3 is 28.4 Å². The molecular weight excluding hydrogens is 416 g/mol. The van der Waals surface area contributed by atoms with Gasteiger partial charge in [0.1, 0.15) is 0 Å². The van der Waals surface area contributed by atoms with Crippen LogP contribution < -0.4 is 0 Å². The molecule has 0 heterocycles. The zero-order valence-corrected chi connectivity index (χ0v) is 19.6. The lowest BCUT2D eigenvalue weighted by molar-refractivity contribution is -0.330. The lowest BCUT2D eigenvalue weighted by atomic mass is 9.41. The van der Waals surface area contributed by atoms with Crippen LogP contribution in [-0.4, -0.2) is 71.4 Å². The number of hydrogen-bond acceptors (Lipinski definition) is 8. The Hall–Kier alpha value is -2.10. The molecule has 4 rings (SSSR count). The van der Waals surface area contributed by atoms with Crippen LogP contribution in [0.4, 0.5) is 0 Å². The van der Waals surface area contributed by atoms with Gasteiger partial charge in [-0.25, -0.2) is 0 Å². The van der Waals surface area contributed by atoms with Crippen molar-refractivity contribution >= 4 is 11.6 Å². The second-order valence-electron chi connectivity index (χ2n) is 8.16. The Balaban J connectivity index is 2.57. The zero-order chi connectivity index (χ0) is 23.9. The van der Waals surface area contributed by atoms with Crippen molar-refractivity contribution in [3.05, 3.63) is 48.8 Å². The van der Waals surface area contributed by atoms with E-state index in [4.69, 9.17) is 28.4 Å². The van der Waals surface area contributed by atoms with Crippen LogP contribution in [0.1, 0.15) is 12.8 Å². The number of fused-ring (bicyclic) bond motifs is 1. The molecule has 4 aliphatic carbocycles. The van der Waals surface area contributed by atoms with Crippen molar-refractivity contribution < 1.29 is 38.0 Å². The van der Waals surface area contributed by atoms with Gasteiger partial charge in [0.15, 0.2) is 11.4 Å². The summed E-state index contributed by atoms with van der Waals surface area (Å²) in [5, 5.41) is 0. The second-order valence-corrected chi connectivity index (χ2v) is 8.16. The molecule has 2 bridgehead atoms. The van der Waals surface area contributed by atoms with Gasteiger partial charge in [-0.3, -0.25) is 9.59 Å². The van der Waals surface area contributed by atoms with Gasteiger partial charge in [0, 0.05) is 46.9 Å². The smallest absolute Gasteiger partial charge is 0.256 e. The molecule has 0 saturated heterocycles. The Morgan fingerprint density at radius 3 is 1.91 bits per heavy atom. The molecule has 0 unspecified atom stereocenters. The Morgan fingerprint density at radius 1 is 0.875 bits per heavy atom. The first kappa shape index (κ1) is 24.5. The molecule has 1 saturated carbocycles. The van der Waals surface area contributed by atoms with Gasteiger partial charge in [-0.15, -0.1) is 13.2 Å². The van der Waals surface area contributed by atoms with E-state index in [2.05, 4.69) is 13.2 Å². The fourth-order valence-electron chi connectivity index (χ4n) is 6.20. The minimum atomic E-state index is -1.80. The minimum absolute atomic E-state index is 0.0164. The standard InChI is InChI=1S/C24H32O8/c1-9-11-15-13-22(28-4)20(26)23(29-5,30-6)17(15)18-21(22,12-10-2)14-16(27-3)19(25)24(18,31-7)32-8/h9-10,13-14,17-18H,1-2,11-12H2,3-8H3/t17-,18+,21+,22+/m1/s1. The fourth-order valence-corrected chi connectivity index (χ4v) is 6.20. The predicted molar refractivity (Wildman–Crippen MR) is 115 cm³/mol. The number of Topliss-reactive ketones (excluding diaryl/α,β-unsaturated/α-hetero) is 2. The van der Waals surface area contributed by atoms with Crippen LogP contribution in [0.25, 0.3) is 0 Å². The van der Waals surface area contributed by atoms with Gasteiger partial charge in [-0.05, 0) is 25.0 Å². The van der Waals surface area contributed by atoms with Gasteiger partial charge >= 0.3 is 0 Å². The van der Waals surface area contributed by atoms with Gasteiger partial charge in [0.05, 0.1) is 13.0 Å². The van der Waals surface area contributed by atoms with Gasteiger partial charge in [-0.1, -0.05) is 17.7 Å². The number of rotatable bonds is 10. The van der Waals surface area contributed by atoms with E-state index in [0.717, 1.165) is 5.57 Å². The largest absolute Gasteiger partial charge is 0.493 e. The van der Waals surface area contributed by atoms with Crippen molar-refractivity contribution in [1.29, 1.82) is 0 Å². The molecule has 32 heavy (non-hydrogen) atoms. The molecule has 4 aliphatic rings. The number of allylic oxidation sites excluding steroid dienone is 2. The molecule has 0 radical (unpaired) electrons. The molecule has 0 aliphatic heterocycles. The number of carbonyl (C=O) groups is 2. The third kappa shape index (κ3) is 2.55. The van der Waals surface area contributed by atoms with E-state index in [1.807, 2.05) is 0 Å². The SMILES string of the molecule is C=CCC1=C[C@]2(OC)C(=O)C(OC)(OC)[C@H]1[C@@H]1C(OC)(OC)C(=O)C(OC)=C[C@@]12CC=C. The summed E-state index contributed by atoms with van der Waals surface area (Å²) in [6.07, 6.45) is 7.53. The van der Waals surface area contributed by atoms with Crippen LogP contribution in [0.2, 0.25) is 0 Å². The third-order valence-electron chi connectivity index (χ3n) is 7.39. The Morgan fingerprint density at radius 2 is 1.47 bits per heavy atom. The molecule has 0 spiro atoms. The normalized spacial score (nSPS) is 34.4. The van der Waals surface area contributed by atoms with E-state index in [1.165, 1.54) is 42.7 Å². The predicted octanol–water partition coefficient (Wildman–Crippen LogP) is 2.36. The van der Waals surface area contributed by atoms with Crippen LogP contribution in [0.3, 0.4) is 0 Å². The Bertz CT molecular complexity index is 878. The summed E-state index contributed by atoms with van der Waals surface area (Å²) < 4.78 is 34.8. The maximum absolute atomic E-state index is 14.2. The molecule has 8 heteroatoms. The summed E-state index contributed by atoms with van der Waals surface area (Å²) >= 11 is 0. The maximum atomic E-state index is 14.2. The van der Waals surface area contributed by atoms with Crippen molar-refractivity contribution in [2.45, 2.75) is 30.0 Å². The summed E-state index contributed by atoms with van der Waals surface area (Å²) in [5.41, 5.74) is -1.95. The van der Waals surface area contributed by atoms with Crippen molar-refractivity contribution in [3.63, 3.8) is 0 Å². The number of methoxy groups -OCH3 is 6. The number of ether oxygens (including phenoxy) is 6. The number of carbonyl (C=O) groups excluding carboxylic acids is 2. The van der Waals surface area contributed by atoms with Crippen molar-refractivity contribution in [2.75, 3.05) is 42.7 Å². The van der Waals surface area contributed by atoms with Crippen LogP contribution >= 0.6 is 0 Å². The summed E-state index contributed by atoms with van der Waals surface area (Å²) in [4.78, 5) is 27.8. The number of hydrogen-bond donors (Lipinski definition) is 0. The lowest BCUT2D eigenvalue weighted by Gasteiger charge is -2.67. The van der Waals surface area contributed by atoms with Crippen LogP contribution in [0, 0.1) is 17.3 Å². The van der Waals surface area contributed by atoms with Crippen LogP contribution in [0.5, 0.6) is 0 Å². The molecule has 1 fully saturated rings. The Kier molecular flexibility index (Phi) is 6.40.